The Bertz CT molecular complexity index is 970. The molecule has 1 aliphatic rings. The summed E-state index contributed by atoms with van der Waals surface area (Å²) < 4.78 is 11.4. The first-order valence-corrected chi connectivity index (χ1v) is 9.52. The summed E-state index contributed by atoms with van der Waals surface area (Å²) in [5.74, 6) is 0.601. The molecular formula is C23H23NO4. The number of hydrogen-bond acceptors (Lipinski definition) is 5. The van der Waals surface area contributed by atoms with Crippen LogP contribution in [0.15, 0.2) is 59.1 Å². The number of phenols is 1. The number of hydrogen-bond donors (Lipinski definition) is 1. The van der Waals surface area contributed by atoms with Crippen LogP contribution in [0.1, 0.15) is 32.4 Å². The quantitative estimate of drug-likeness (QED) is 0.616. The number of benzene rings is 2. The van der Waals surface area contributed by atoms with E-state index < -0.39 is 0 Å². The van der Waals surface area contributed by atoms with Gasteiger partial charge in [-0.2, -0.15) is 0 Å². The Labute approximate surface area is 163 Å². The first kappa shape index (κ1) is 18.3. The van der Waals surface area contributed by atoms with Gasteiger partial charge < -0.3 is 14.4 Å². The van der Waals surface area contributed by atoms with Crippen LogP contribution in [-0.4, -0.2) is 22.8 Å². The van der Waals surface area contributed by atoms with Crippen LogP contribution < -0.4 is 0 Å². The van der Waals surface area contributed by atoms with Crippen LogP contribution in [-0.2, 0) is 14.9 Å². The molecule has 0 spiro atoms. The number of rotatable bonds is 6. The van der Waals surface area contributed by atoms with Crippen LogP contribution in [0, 0.1) is 5.92 Å². The van der Waals surface area contributed by atoms with Crippen molar-refractivity contribution in [2.75, 3.05) is 6.61 Å². The molecule has 1 saturated carbocycles. The van der Waals surface area contributed by atoms with E-state index in [1.807, 2.05) is 56.3 Å². The number of ether oxygens (including phenoxy) is 1. The molecule has 4 rings (SSSR count). The zero-order chi connectivity index (χ0) is 19.7. The number of aromatic nitrogens is 1. The largest absolute Gasteiger partial charge is 0.508 e. The average Bonchev–Trinajstić information content (AvgIpc) is 3.36. The molecule has 0 aliphatic heterocycles. The monoisotopic (exact) mass is 377 g/mol. The topological polar surface area (TPSA) is 72.6 Å². The van der Waals surface area contributed by atoms with Gasteiger partial charge in [0.25, 0.3) is 0 Å². The van der Waals surface area contributed by atoms with Crippen molar-refractivity contribution >= 4 is 5.97 Å². The van der Waals surface area contributed by atoms with Gasteiger partial charge in [0.1, 0.15) is 18.1 Å². The lowest BCUT2D eigenvalue weighted by atomic mass is 9.92. The fourth-order valence-electron chi connectivity index (χ4n) is 3.30. The minimum absolute atomic E-state index is 0.160. The molecule has 0 amide bonds. The first-order valence-electron chi connectivity index (χ1n) is 9.52. The van der Waals surface area contributed by atoms with Crippen molar-refractivity contribution < 1.29 is 19.2 Å². The van der Waals surface area contributed by atoms with Crippen LogP contribution >= 0.6 is 0 Å². The van der Waals surface area contributed by atoms with Crippen LogP contribution in [0.4, 0.5) is 0 Å². The van der Waals surface area contributed by atoms with Crippen LogP contribution in [0.3, 0.4) is 0 Å². The predicted octanol–water partition coefficient (Wildman–Crippen LogP) is 4.95. The normalized spacial score (nSPS) is 14.8. The zero-order valence-corrected chi connectivity index (χ0v) is 16.0. The zero-order valence-electron chi connectivity index (χ0n) is 16.0. The lowest BCUT2D eigenvalue weighted by molar-refractivity contribution is -0.148. The van der Waals surface area contributed by atoms with Crippen LogP contribution in [0.25, 0.3) is 22.4 Å². The Hall–Kier alpha value is -3.08. The smallest absolute Gasteiger partial charge is 0.308 e. The Kier molecular flexibility index (Phi) is 4.67. The molecule has 3 aromatic rings. The fraction of sp³-hybridized carbons (Fsp3) is 0.304. The second kappa shape index (κ2) is 7.15. The summed E-state index contributed by atoms with van der Waals surface area (Å²) in [7, 11) is 0. The molecule has 0 unspecified atom stereocenters. The van der Waals surface area contributed by atoms with Gasteiger partial charge in [-0.15, -0.1) is 0 Å². The SMILES string of the molecule is CC(C)C(=O)OCC1(c2onc(-c3ccc(O)cc3)c2-c2ccccc2)CC1. The molecule has 1 aromatic heterocycles. The third-order valence-electron chi connectivity index (χ3n) is 5.19. The third-order valence-corrected chi connectivity index (χ3v) is 5.19. The molecule has 0 atom stereocenters. The number of carbonyl (C=O) groups is 1. The molecule has 2 aromatic carbocycles. The number of carbonyl (C=O) groups excluding carboxylic acids is 1. The van der Waals surface area contributed by atoms with Crippen molar-refractivity contribution in [3.05, 3.63) is 60.4 Å². The second-order valence-corrected chi connectivity index (χ2v) is 7.69. The van der Waals surface area contributed by atoms with E-state index in [0.29, 0.717) is 6.61 Å². The third kappa shape index (κ3) is 3.40. The van der Waals surface area contributed by atoms with E-state index in [1.54, 1.807) is 12.1 Å². The van der Waals surface area contributed by atoms with Crippen molar-refractivity contribution in [2.45, 2.75) is 32.1 Å². The van der Waals surface area contributed by atoms with Gasteiger partial charge in [-0.25, -0.2) is 0 Å². The van der Waals surface area contributed by atoms with Gasteiger partial charge in [-0.1, -0.05) is 49.3 Å². The van der Waals surface area contributed by atoms with Gasteiger partial charge in [-0.05, 0) is 42.7 Å². The average molecular weight is 377 g/mol. The van der Waals surface area contributed by atoms with E-state index in [4.69, 9.17) is 9.26 Å². The summed E-state index contributed by atoms with van der Waals surface area (Å²) in [4.78, 5) is 12.0. The Balaban J connectivity index is 1.76. The Morgan fingerprint density at radius 1 is 1.11 bits per heavy atom. The highest BCUT2D eigenvalue weighted by molar-refractivity contribution is 5.83. The molecule has 144 valence electrons. The molecule has 5 heteroatoms. The molecule has 28 heavy (non-hydrogen) atoms. The molecule has 0 saturated heterocycles. The molecule has 0 radical (unpaired) electrons. The summed E-state index contributed by atoms with van der Waals surface area (Å²) in [6.45, 7) is 3.96. The van der Waals surface area contributed by atoms with Crippen molar-refractivity contribution in [2.24, 2.45) is 5.92 Å². The minimum Gasteiger partial charge on any atom is -0.508 e. The van der Waals surface area contributed by atoms with Gasteiger partial charge in [0.05, 0.1) is 16.9 Å². The molecule has 1 aliphatic carbocycles. The first-order chi connectivity index (χ1) is 13.5. The number of esters is 1. The highest BCUT2D eigenvalue weighted by atomic mass is 16.5. The van der Waals surface area contributed by atoms with Crippen LogP contribution in [0.2, 0.25) is 0 Å². The predicted molar refractivity (Wildman–Crippen MR) is 106 cm³/mol. The number of phenolic OH excluding ortho intramolecular Hbond substituents is 1. The number of aromatic hydroxyl groups is 1. The summed E-state index contributed by atoms with van der Waals surface area (Å²) >= 11 is 0. The van der Waals surface area contributed by atoms with E-state index in [1.165, 1.54) is 0 Å². The van der Waals surface area contributed by atoms with Crippen molar-refractivity contribution in [3.63, 3.8) is 0 Å². The molecular weight excluding hydrogens is 354 g/mol. The molecule has 1 fully saturated rings. The highest BCUT2D eigenvalue weighted by Crippen LogP contribution is 2.53. The van der Waals surface area contributed by atoms with Gasteiger partial charge in [-0.3, -0.25) is 4.79 Å². The van der Waals surface area contributed by atoms with Crippen LogP contribution in [0.5, 0.6) is 5.75 Å². The maximum Gasteiger partial charge on any atom is 0.308 e. The van der Waals surface area contributed by atoms with E-state index in [2.05, 4.69) is 5.16 Å². The van der Waals surface area contributed by atoms with E-state index in [9.17, 15) is 9.90 Å². The summed E-state index contributed by atoms with van der Waals surface area (Å²) in [5, 5.41) is 14.0. The van der Waals surface area contributed by atoms with Gasteiger partial charge in [0, 0.05) is 5.56 Å². The van der Waals surface area contributed by atoms with Gasteiger partial charge >= 0.3 is 5.97 Å². The number of nitrogens with zero attached hydrogens (tertiary/aromatic N) is 1. The fourth-order valence-corrected chi connectivity index (χ4v) is 3.30. The van der Waals surface area contributed by atoms with E-state index in [0.717, 1.165) is 41.0 Å². The Morgan fingerprint density at radius 2 is 1.79 bits per heavy atom. The molecule has 1 N–H and O–H groups in total. The molecule has 1 heterocycles. The lowest BCUT2D eigenvalue weighted by Gasteiger charge is -2.16. The van der Waals surface area contributed by atoms with Gasteiger partial charge in [0.2, 0.25) is 0 Å². The van der Waals surface area contributed by atoms with Crippen molar-refractivity contribution in [1.82, 2.24) is 5.16 Å². The second-order valence-electron chi connectivity index (χ2n) is 7.69. The minimum atomic E-state index is -0.322. The standard InChI is InChI=1S/C23H23NO4/c1-15(2)22(26)27-14-23(12-13-23)21-19(16-6-4-3-5-7-16)20(24-28-21)17-8-10-18(25)11-9-17/h3-11,15,25H,12-14H2,1-2H3. The summed E-state index contributed by atoms with van der Waals surface area (Å²) in [5.41, 5.74) is 3.19. The van der Waals surface area contributed by atoms with Crippen molar-refractivity contribution in [3.8, 4) is 28.1 Å². The maximum absolute atomic E-state index is 12.0. The van der Waals surface area contributed by atoms with E-state index >= 15 is 0 Å². The maximum atomic E-state index is 12.0. The summed E-state index contributed by atoms with van der Waals surface area (Å²) in [6, 6.07) is 16.9. The summed E-state index contributed by atoms with van der Waals surface area (Å²) in [6.07, 6.45) is 1.78. The molecule has 5 nitrogen and oxygen atoms in total. The lowest BCUT2D eigenvalue weighted by Crippen LogP contribution is -2.21. The van der Waals surface area contributed by atoms with E-state index in [-0.39, 0.29) is 23.1 Å². The Morgan fingerprint density at radius 3 is 2.39 bits per heavy atom. The van der Waals surface area contributed by atoms with Gasteiger partial charge in [0.15, 0.2) is 5.76 Å². The molecule has 0 bridgehead atoms. The highest BCUT2D eigenvalue weighted by Gasteiger charge is 2.51. The van der Waals surface area contributed by atoms with Crippen molar-refractivity contribution in [1.29, 1.82) is 0 Å².